The molecule has 0 bridgehead atoms. The number of hydrogen-bond donors (Lipinski definition) is 1. The minimum atomic E-state index is 0.606. The van der Waals surface area contributed by atoms with E-state index in [0.29, 0.717) is 17.5 Å². The molecule has 1 aromatic heterocycles. The van der Waals surface area contributed by atoms with E-state index in [2.05, 4.69) is 10.3 Å². The average molecular weight is 187 g/mol. The van der Waals surface area contributed by atoms with E-state index in [9.17, 15) is 0 Å². The Balaban J connectivity index is 2.37. The van der Waals surface area contributed by atoms with Crippen LogP contribution in [0.3, 0.4) is 0 Å². The molecular weight excluding hydrogens is 176 g/mol. The lowest BCUT2D eigenvalue weighted by atomic mass is 10.5. The third-order valence-corrected chi connectivity index (χ3v) is 1.53. The van der Waals surface area contributed by atoms with E-state index < -0.39 is 0 Å². The molecule has 66 valence electrons. The van der Waals surface area contributed by atoms with Crippen LogP contribution in [0.1, 0.15) is 0 Å². The van der Waals surface area contributed by atoms with Gasteiger partial charge in [0, 0.05) is 18.8 Å². The van der Waals surface area contributed by atoms with Crippen LogP contribution in [-0.2, 0) is 0 Å². The molecule has 3 nitrogen and oxygen atoms in total. The lowest BCUT2D eigenvalue weighted by Gasteiger charge is -2.03. The maximum absolute atomic E-state index is 5.64. The molecule has 0 aliphatic rings. The maximum atomic E-state index is 5.64. The van der Waals surface area contributed by atoms with Crippen molar-refractivity contribution in [2.75, 3.05) is 20.2 Å². The van der Waals surface area contributed by atoms with E-state index in [1.807, 2.05) is 7.05 Å². The first kappa shape index (κ1) is 9.29. The van der Waals surface area contributed by atoms with E-state index in [-0.39, 0.29) is 0 Å². The lowest BCUT2D eigenvalue weighted by Crippen LogP contribution is -2.16. The van der Waals surface area contributed by atoms with Crippen molar-refractivity contribution in [2.24, 2.45) is 0 Å². The van der Waals surface area contributed by atoms with Crippen molar-refractivity contribution in [3.63, 3.8) is 0 Å². The van der Waals surface area contributed by atoms with Crippen LogP contribution in [0.15, 0.2) is 18.3 Å². The molecule has 1 rings (SSSR count). The number of aromatic nitrogens is 1. The Morgan fingerprint density at radius 3 is 3.00 bits per heavy atom. The summed E-state index contributed by atoms with van der Waals surface area (Å²) in [6.45, 7) is 1.43. The SMILES string of the molecule is CNCCOc1ccc(Cl)cn1. The fraction of sp³-hybridized carbons (Fsp3) is 0.375. The third-order valence-electron chi connectivity index (χ3n) is 1.30. The van der Waals surface area contributed by atoms with Gasteiger partial charge in [0.25, 0.3) is 0 Å². The molecule has 0 aliphatic heterocycles. The summed E-state index contributed by atoms with van der Waals surface area (Å²) in [7, 11) is 1.87. The van der Waals surface area contributed by atoms with Gasteiger partial charge >= 0.3 is 0 Å². The van der Waals surface area contributed by atoms with Gasteiger partial charge in [-0.15, -0.1) is 0 Å². The molecule has 0 amide bonds. The Labute approximate surface area is 76.7 Å². The molecule has 12 heavy (non-hydrogen) atoms. The molecule has 4 heteroatoms. The normalized spacial score (nSPS) is 9.83. The van der Waals surface area contributed by atoms with Gasteiger partial charge in [-0.05, 0) is 13.1 Å². The molecular formula is C8H11ClN2O. The van der Waals surface area contributed by atoms with Crippen LogP contribution < -0.4 is 10.1 Å². The minimum Gasteiger partial charge on any atom is -0.476 e. The Bertz CT molecular complexity index is 225. The smallest absolute Gasteiger partial charge is 0.213 e. The van der Waals surface area contributed by atoms with Crippen LogP contribution in [-0.4, -0.2) is 25.2 Å². The summed E-state index contributed by atoms with van der Waals surface area (Å²) >= 11 is 5.64. The Morgan fingerprint density at radius 1 is 1.58 bits per heavy atom. The zero-order chi connectivity index (χ0) is 8.81. The monoisotopic (exact) mass is 186 g/mol. The topological polar surface area (TPSA) is 34.1 Å². The standard InChI is InChI=1S/C8H11ClN2O/c1-10-4-5-12-8-3-2-7(9)6-11-8/h2-3,6,10H,4-5H2,1H3. The Kier molecular flexibility index (Phi) is 3.84. The van der Waals surface area contributed by atoms with Crippen LogP contribution in [0, 0.1) is 0 Å². The zero-order valence-electron chi connectivity index (χ0n) is 6.88. The number of likely N-dealkylation sites (N-methyl/N-ethyl adjacent to an activating group) is 1. The highest BCUT2D eigenvalue weighted by Crippen LogP contribution is 2.10. The van der Waals surface area contributed by atoms with Crippen molar-refractivity contribution in [1.82, 2.24) is 10.3 Å². The summed E-state index contributed by atoms with van der Waals surface area (Å²) in [5.41, 5.74) is 0. The first-order valence-corrected chi connectivity index (χ1v) is 4.09. The highest BCUT2D eigenvalue weighted by Gasteiger charge is 1.93. The molecule has 1 N–H and O–H groups in total. The highest BCUT2D eigenvalue weighted by molar-refractivity contribution is 6.30. The Hall–Kier alpha value is -0.800. The second-order valence-electron chi connectivity index (χ2n) is 2.27. The summed E-state index contributed by atoms with van der Waals surface area (Å²) in [6.07, 6.45) is 1.57. The summed E-state index contributed by atoms with van der Waals surface area (Å²) in [5.74, 6) is 0.606. The second kappa shape index (κ2) is 4.95. The first-order chi connectivity index (χ1) is 5.83. The molecule has 1 aromatic rings. The third kappa shape index (κ3) is 3.07. The van der Waals surface area contributed by atoms with Crippen molar-refractivity contribution in [1.29, 1.82) is 0 Å². The van der Waals surface area contributed by atoms with Crippen molar-refractivity contribution in [3.8, 4) is 5.88 Å². The van der Waals surface area contributed by atoms with Crippen LogP contribution in [0.25, 0.3) is 0 Å². The van der Waals surface area contributed by atoms with Gasteiger partial charge < -0.3 is 10.1 Å². The number of hydrogen-bond acceptors (Lipinski definition) is 3. The molecule has 0 fully saturated rings. The van der Waals surface area contributed by atoms with Crippen LogP contribution in [0.4, 0.5) is 0 Å². The number of halogens is 1. The number of ether oxygens (including phenoxy) is 1. The number of rotatable bonds is 4. The van der Waals surface area contributed by atoms with Crippen molar-refractivity contribution < 1.29 is 4.74 Å². The highest BCUT2D eigenvalue weighted by atomic mass is 35.5. The van der Waals surface area contributed by atoms with Gasteiger partial charge in [-0.25, -0.2) is 4.98 Å². The van der Waals surface area contributed by atoms with Gasteiger partial charge in [-0.1, -0.05) is 11.6 Å². The van der Waals surface area contributed by atoms with E-state index in [1.165, 1.54) is 0 Å². The molecule has 0 aromatic carbocycles. The molecule has 0 atom stereocenters. The quantitative estimate of drug-likeness (QED) is 0.721. The van der Waals surface area contributed by atoms with Gasteiger partial charge in [0.05, 0.1) is 5.02 Å². The molecule has 0 aliphatic carbocycles. The summed E-state index contributed by atoms with van der Waals surface area (Å²) in [6, 6.07) is 3.50. The molecule has 0 radical (unpaired) electrons. The van der Waals surface area contributed by atoms with Gasteiger partial charge in [-0.3, -0.25) is 0 Å². The van der Waals surface area contributed by atoms with Crippen LogP contribution in [0.2, 0.25) is 5.02 Å². The number of pyridine rings is 1. The maximum Gasteiger partial charge on any atom is 0.213 e. The van der Waals surface area contributed by atoms with Crippen LogP contribution in [0.5, 0.6) is 5.88 Å². The van der Waals surface area contributed by atoms with E-state index >= 15 is 0 Å². The van der Waals surface area contributed by atoms with E-state index in [1.54, 1.807) is 18.3 Å². The minimum absolute atomic E-state index is 0.606. The van der Waals surface area contributed by atoms with Gasteiger partial charge in [0.15, 0.2) is 0 Å². The largest absolute Gasteiger partial charge is 0.476 e. The van der Waals surface area contributed by atoms with Gasteiger partial charge in [-0.2, -0.15) is 0 Å². The summed E-state index contributed by atoms with van der Waals surface area (Å²) in [5, 5.41) is 3.59. The fourth-order valence-electron chi connectivity index (χ4n) is 0.705. The van der Waals surface area contributed by atoms with Gasteiger partial charge in [0.2, 0.25) is 5.88 Å². The fourth-order valence-corrected chi connectivity index (χ4v) is 0.817. The van der Waals surface area contributed by atoms with Crippen molar-refractivity contribution in [2.45, 2.75) is 0 Å². The summed E-state index contributed by atoms with van der Waals surface area (Å²) in [4.78, 5) is 3.97. The molecule has 0 saturated carbocycles. The Morgan fingerprint density at radius 2 is 2.42 bits per heavy atom. The molecule has 0 saturated heterocycles. The molecule has 0 unspecified atom stereocenters. The zero-order valence-corrected chi connectivity index (χ0v) is 7.64. The van der Waals surface area contributed by atoms with Crippen molar-refractivity contribution >= 4 is 11.6 Å². The number of nitrogens with one attached hydrogen (secondary N) is 1. The predicted octanol–water partition coefficient (Wildman–Crippen LogP) is 1.33. The lowest BCUT2D eigenvalue weighted by molar-refractivity contribution is 0.306. The summed E-state index contributed by atoms with van der Waals surface area (Å²) < 4.78 is 5.27. The van der Waals surface area contributed by atoms with E-state index in [4.69, 9.17) is 16.3 Å². The molecule has 1 heterocycles. The number of nitrogens with zero attached hydrogens (tertiary/aromatic N) is 1. The van der Waals surface area contributed by atoms with Gasteiger partial charge in [0.1, 0.15) is 6.61 Å². The van der Waals surface area contributed by atoms with Crippen LogP contribution >= 0.6 is 11.6 Å². The second-order valence-corrected chi connectivity index (χ2v) is 2.70. The van der Waals surface area contributed by atoms with Crippen molar-refractivity contribution in [3.05, 3.63) is 23.4 Å². The average Bonchev–Trinajstić information content (AvgIpc) is 2.09. The molecule has 0 spiro atoms. The van der Waals surface area contributed by atoms with E-state index in [0.717, 1.165) is 6.54 Å². The first-order valence-electron chi connectivity index (χ1n) is 3.72. The predicted molar refractivity (Wildman–Crippen MR) is 48.7 cm³/mol.